The molecule has 0 saturated carbocycles. The van der Waals surface area contributed by atoms with Crippen molar-refractivity contribution >= 4 is 33.7 Å². The van der Waals surface area contributed by atoms with Gasteiger partial charge in [-0.1, -0.05) is 96.6 Å². The Labute approximate surface area is 211 Å². The number of hydrogen-bond donors (Lipinski definition) is 1. The second-order valence-corrected chi connectivity index (χ2v) is 9.03. The normalized spacial score (nSPS) is 11.3. The van der Waals surface area contributed by atoms with Crippen molar-refractivity contribution < 1.29 is 9.53 Å². The van der Waals surface area contributed by atoms with Gasteiger partial charge in [0.05, 0.1) is 12.6 Å². The SMILES string of the molecule is Cc1ccc(CC(=O)N/N=C/c2c(OCc3cccc4ccccc34)ccc3ccccc23)c(C)c1. The predicted octanol–water partition coefficient (Wildman–Crippen LogP) is 6.88. The number of hydrazone groups is 1. The monoisotopic (exact) mass is 472 g/mol. The second-order valence-electron chi connectivity index (χ2n) is 9.03. The Hall–Kier alpha value is -4.44. The smallest absolute Gasteiger partial charge is 0.244 e. The molecular weight excluding hydrogens is 444 g/mol. The zero-order valence-corrected chi connectivity index (χ0v) is 20.5. The van der Waals surface area contributed by atoms with Gasteiger partial charge in [-0.3, -0.25) is 4.79 Å². The van der Waals surface area contributed by atoms with E-state index in [0.29, 0.717) is 12.4 Å². The summed E-state index contributed by atoms with van der Waals surface area (Å²) in [7, 11) is 0. The van der Waals surface area contributed by atoms with Gasteiger partial charge in [0.25, 0.3) is 0 Å². The lowest BCUT2D eigenvalue weighted by atomic mass is 10.0. The molecule has 0 saturated heterocycles. The number of hydrogen-bond acceptors (Lipinski definition) is 3. The third-order valence-corrected chi connectivity index (χ3v) is 6.43. The summed E-state index contributed by atoms with van der Waals surface area (Å²) in [5, 5.41) is 8.75. The number of aryl methyl sites for hydroxylation is 2. The number of amides is 1. The fourth-order valence-electron chi connectivity index (χ4n) is 4.53. The molecule has 36 heavy (non-hydrogen) atoms. The van der Waals surface area contributed by atoms with E-state index in [4.69, 9.17) is 4.74 Å². The van der Waals surface area contributed by atoms with Crippen LogP contribution in [-0.2, 0) is 17.8 Å². The Balaban J connectivity index is 1.37. The van der Waals surface area contributed by atoms with Gasteiger partial charge < -0.3 is 4.74 Å². The summed E-state index contributed by atoms with van der Waals surface area (Å²) in [6.45, 7) is 4.50. The van der Waals surface area contributed by atoms with E-state index in [1.54, 1.807) is 6.21 Å². The number of carbonyl (C=O) groups excluding carboxylic acids is 1. The van der Waals surface area contributed by atoms with Crippen LogP contribution in [0.3, 0.4) is 0 Å². The molecule has 5 aromatic carbocycles. The molecule has 0 unspecified atom stereocenters. The Morgan fingerprint density at radius 2 is 1.53 bits per heavy atom. The van der Waals surface area contributed by atoms with Crippen molar-refractivity contribution in [1.82, 2.24) is 5.43 Å². The van der Waals surface area contributed by atoms with E-state index >= 15 is 0 Å². The summed E-state index contributed by atoms with van der Waals surface area (Å²) < 4.78 is 6.32. The second kappa shape index (κ2) is 10.4. The molecule has 0 fully saturated rings. The zero-order chi connectivity index (χ0) is 24.9. The van der Waals surface area contributed by atoms with Crippen molar-refractivity contribution in [3.05, 3.63) is 125 Å². The molecule has 0 atom stereocenters. The first-order chi connectivity index (χ1) is 17.6. The van der Waals surface area contributed by atoms with Crippen molar-refractivity contribution in [1.29, 1.82) is 0 Å². The minimum atomic E-state index is -0.156. The molecule has 5 aromatic rings. The summed E-state index contributed by atoms with van der Waals surface area (Å²) in [6, 6.07) is 32.8. The summed E-state index contributed by atoms with van der Waals surface area (Å²) >= 11 is 0. The van der Waals surface area contributed by atoms with E-state index in [0.717, 1.165) is 33.0 Å². The van der Waals surface area contributed by atoms with Gasteiger partial charge in [0.1, 0.15) is 12.4 Å². The Morgan fingerprint density at radius 1 is 0.806 bits per heavy atom. The highest BCUT2D eigenvalue weighted by Crippen LogP contribution is 2.28. The quantitative estimate of drug-likeness (QED) is 0.207. The number of carbonyl (C=O) groups is 1. The number of rotatable bonds is 7. The van der Waals surface area contributed by atoms with Crippen LogP contribution in [0.4, 0.5) is 0 Å². The maximum absolute atomic E-state index is 12.6. The largest absolute Gasteiger partial charge is 0.488 e. The Morgan fingerprint density at radius 3 is 2.33 bits per heavy atom. The molecule has 1 N–H and O–H groups in total. The van der Waals surface area contributed by atoms with Crippen molar-refractivity contribution in [2.45, 2.75) is 26.9 Å². The number of ether oxygens (including phenoxy) is 1. The van der Waals surface area contributed by atoms with E-state index in [9.17, 15) is 4.79 Å². The van der Waals surface area contributed by atoms with Crippen LogP contribution in [0.25, 0.3) is 21.5 Å². The predicted molar refractivity (Wildman–Crippen MR) is 148 cm³/mol. The van der Waals surface area contributed by atoms with Gasteiger partial charge >= 0.3 is 0 Å². The molecule has 0 aliphatic carbocycles. The van der Waals surface area contributed by atoms with Crippen molar-refractivity contribution in [3.8, 4) is 5.75 Å². The van der Waals surface area contributed by atoms with Crippen LogP contribution in [0.5, 0.6) is 5.75 Å². The molecule has 0 heterocycles. The van der Waals surface area contributed by atoms with Gasteiger partial charge in [-0.05, 0) is 58.1 Å². The fourth-order valence-corrected chi connectivity index (χ4v) is 4.53. The number of fused-ring (bicyclic) bond motifs is 2. The van der Waals surface area contributed by atoms with Crippen LogP contribution in [0.1, 0.15) is 27.8 Å². The first kappa shape index (κ1) is 23.3. The van der Waals surface area contributed by atoms with E-state index in [-0.39, 0.29) is 12.3 Å². The summed E-state index contributed by atoms with van der Waals surface area (Å²) in [5.74, 6) is 0.561. The molecule has 4 heteroatoms. The van der Waals surface area contributed by atoms with Gasteiger partial charge in [-0.2, -0.15) is 5.10 Å². The Bertz CT molecular complexity index is 1580. The highest BCUT2D eigenvalue weighted by molar-refractivity contribution is 6.02. The first-order valence-electron chi connectivity index (χ1n) is 12.1. The maximum atomic E-state index is 12.6. The summed E-state index contributed by atoms with van der Waals surface area (Å²) in [5.41, 5.74) is 7.92. The average Bonchev–Trinajstić information content (AvgIpc) is 2.89. The van der Waals surface area contributed by atoms with Gasteiger partial charge in [-0.25, -0.2) is 5.43 Å². The van der Waals surface area contributed by atoms with Crippen LogP contribution in [-0.4, -0.2) is 12.1 Å². The molecule has 0 bridgehead atoms. The maximum Gasteiger partial charge on any atom is 0.244 e. The topological polar surface area (TPSA) is 50.7 Å². The highest BCUT2D eigenvalue weighted by atomic mass is 16.5. The van der Waals surface area contributed by atoms with Gasteiger partial charge in [-0.15, -0.1) is 0 Å². The standard InChI is InChI=1S/C32H28N2O2/c1-22-14-15-26(23(2)18-22)19-32(35)34-33-20-30-29-13-6-4-9-25(29)16-17-31(30)36-21-27-11-7-10-24-8-3-5-12-28(24)27/h3-18,20H,19,21H2,1-2H3,(H,34,35)/b33-20+. The van der Waals surface area contributed by atoms with Crippen molar-refractivity contribution in [3.63, 3.8) is 0 Å². The molecule has 0 spiro atoms. The van der Waals surface area contributed by atoms with Crippen molar-refractivity contribution in [2.24, 2.45) is 5.10 Å². The summed E-state index contributed by atoms with van der Waals surface area (Å²) in [6.07, 6.45) is 1.96. The van der Waals surface area contributed by atoms with E-state index < -0.39 is 0 Å². The molecule has 0 aliphatic rings. The molecule has 4 nitrogen and oxygen atoms in total. The van der Waals surface area contributed by atoms with Crippen LogP contribution in [0, 0.1) is 13.8 Å². The molecule has 1 amide bonds. The van der Waals surface area contributed by atoms with Crippen LogP contribution in [0.2, 0.25) is 0 Å². The minimum absolute atomic E-state index is 0.156. The first-order valence-corrected chi connectivity index (χ1v) is 12.1. The lowest BCUT2D eigenvalue weighted by molar-refractivity contribution is -0.120. The average molecular weight is 473 g/mol. The van der Waals surface area contributed by atoms with Gasteiger partial charge in [0, 0.05) is 5.56 Å². The van der Waals surface area contributed by atoms with E-state index in [1.807, 2.05) is 68.4 Å². The van der Waals surface area contributed by atoms with E-state index in [1.165, 1.54) is 16.3 Å². The number of nitrogens with one attached hydrogen (secondary N) is 1. The number of nitrogens with zero attached hydrogens (tertiary/aromatic N) is 1. The lowest BCUT2D eigenvalue weighted by Gasteiger charge is -2.13. The van der Waals surface area contributed by atoms with Gasteiger partial charge in [0.15, 0.2) is 0 Å². The third-order valence-electron chi connectivity index (χ3n) is 6.43. The number of benzene rings is 5. The molecular formula is C32H28N2O2. The van der Waals surface area contributed by atoms with Crippen LogP contribution >= 0.6 is 0 Å². The zero-order valence-electron chi connectivity index (χ0n) is 20.5. The molecule has 0 aromatic heterocycles. The van der Waals surface area contributed by atoms with Crippen molar-refractivity contribution in [2.75, 3.05) is 0 Å². The summed E-state index contributed by atoms with van der Waals surface area (Å²) in [4.78, 5) is 12.6. The van der Waals surface area contributed by atoms with Crippen LogP contribution in [0.15, 0.2) is 102 Å². The minimum Gasteiger partial charge on any atom is -0.488 e. The van der Waals surface area contributed by atoms with Crippen LogP contribution < -0.4 is 10.2 Å². The molecule has 5 rings (SSSR count). The van der Waals surface area contributed by atoms with E-state index in [2.05, 4.69) is 53.0 Å². The third kappa shape index (κ3) is 5.13. The lowest BCUT2D eigenvalue weighted by Crippen LogP contribution is -2.20. The van der Waals surface area contributed by atoms with Gasteiger partial charge in [0.2, 0.25) is 5.91 Å². The molecule has 178 valence electrons. The highest BCUT2D eigenvalue weighted by Gasteiger charge is 2.10. The fraction of sp³-hybridized carbons (Fsp3) is 0.125. The Kier molecular flexibility index (Phi) is 6.76. The molecule has 0 radical (unpaired) electrons. The molecule has 0 aliphatic heterocycles.